The molecular formula is C19H16ClN3O. The van der Waals surface area contributed by atoms with Crippen molar-refractivity contribution in [1.29, 1.82) is 0 Å². The van der Waals surface area contributed by atoms with Gasteiger partial charge in [-0.3, -0.25) is 9.69 Å². The van der Waals surface area contributed by atoms with E-state index in [0.717, 1.165) is 29.4 Å². The van der Waals surface area contributed by atoms with Gasteiger partial charge >= 0.3 is 0 Å². The lowest BCUT2D eigenvalue weighted by molar-refractivity contribution is -0.114. The topological polar surface area (TPSA) is 35.9 Å². The molecule has 2 aromatic carbocycles. The predicted molar refractivity (Wildman–Crippen MR) is 98.2 cm³/mol. The van der Waals surface area contributed by atoms with Gasteiger partial charge in [0.25, 0.3) is 5.91 Å². The van der Waals surface area contributed by atoms with E-state index in [4.69, 9.17) is 11.6 Å². The summed E-state index contributed by atoms with van der Waals surface area (Å²) in [4.78, 5) is 21.6. The van der Waals surface area contributed by atoms with Crippen molar-refractivity contribution in [2.75, 3.05) is 16.3 Å². The lowest BCUT2D eigenvalue weighted by Crippen LogP contribution is -2.26. The van der Waals surface area contributed by atoms with Crippen molar-refractivity contribution in [2.45, 2.75) is 13.3 Å². The van der Waals surface area contributed by atoms with Gasteiger partial charge in [0.1, 0.15) is 5.82 Å². The third kappa shape index (κ3) is 2.22. The number of amides is 1. The summed E-state index contributed by atoms with van der Waals surface area (Å²) in [5, 5.41) is 0.601. The molecule has 1 amide bonds. The zero-order valence-corrected chi connectivity index (χ0v) is 14.0. The molecular weight excluding hydrogens is 322 g/mol. The zero-order valence-electron chi connectivity index (χ0n) is 13.2. The fourth-order valence-corrected chi connectivity index (χ4v) is 3.39. The Morgan fingerprint density at radius 1 is 1.12 bits per heavy atom. The van der Waals surface area contributed by atoms with Crippen LogP contribution < -0.4 is 9.80 Å². The number of carbonyl (C=O) groups excluding carboxylic acids is 1. The van der Waals surface area contributed by atoms with Gasteiger partial charge in [0.15, 0.2) is 0 Å². The van der Waals surface area contributed by atoms with E-state index in [1.165, 1.54) is 0 Å². The normalized spacial score (nSPS) is 16.3. The van der Waals surface area contributed by atoms with Crippen LogP contribution in [0.5, 0.6) is 0 Å². The first kappa shape index (κ1) is 15.0. The van der Waals surface area contributed by atoms with Gasteiger partial charge in [0.2, 0.25) is 0 Å². The number of benzene rings is 2. The Bertz CT molecular complexity index is 873. The van der Waals surface area contributed by atoms with Gasteiger partial charge < -0.3 is 4.90 Å². The molecule has 0 bridgehead atoms. The molecule has 0 N–H and O–H groups in total. The van der Waals surface area contributed by atoms with Crippen molar-refractivity contribution in [3.8, 4) is 0 Å². The highest BCUT2D eigenvalue weighted by molar-refractivity contribution is 6.31. The van der Waals surface area contributed by atoms with Crippen LogP contribution >= 0.6 is 11.6 Å². The lowest BCUT2D eigenvalue weighted by atomic mass is 10.1. The van der Waals surface area contributed by atoms with Crippen molar-refractivity contribution in [3.05, 3.63) is 64.9 Å². The largest absolute Gasteiger partial charge is 0.324 e. The van der Waals surface area contributed by atoms with Crippen molar-refractivity contribution in [2.24, 2.45) is 4.99 Å². The minimum Gasteiger partial charge on any atom is -0.324 e. The van der Waals surface area contributed by atoms with E-state index >= 15 is 0 Å². The molecule has 5 heteroatoms. The monoisotopic (exact) mass is 337 g/mol. The summed E-state index contributed by atoms with van der Waals surface area (Å²) in [6.07, 6.45) is 2.35. The van der Waals surface area contributed by atoms with Crippen molar-refractivity contribution < 1.29 is 4.79 Å². The molecule has 0 fully saturated rings. The van der Waals surface area contributed by atoms with Crippen LogP contribution in [0.15, 0.2) is 64.9 Å². The summed E-state index contributed by atoms with van der Waals surface area (Å²) in [5.74, 6) is 0.692. The fourth-order valence-electron chi connectivity index (χ4n) is 3.22. The number of anilines is 3. The number of para-hydroxylation sites is 1. The summed E-state index contributed by atoms with van der Waals surface area (Å²) in [6.45, 7) is 2.78. The molecule has 0 radical (unpaired) electrons. The summed E-state index contributed by atoms with van der Waals surface area (Å²) in [7, 11) is 0. The maximum atomic E-state index is 13.3. The highest BCUT2D eigenvalue weighted by atomic mass is 35.5. The molecule has 0 unspecified atom stereocenters. The average molecular weight is 338 g/mol. The first-order valence-corrected chi connectivity index (χ1v) is 8.30. The first-order chi connectivity index (χ1) is 11.7. The van der Waals surface area contributed by atoms with Crippen molar-refractivity contribution in [3.63, 3.8) is 0 Å². The Morgan fingerprint density at radius 3 is 2.67 bits per heavy atom. The minimum atomic E-state index is -0.0480. The average Bonchev–Trinajstić information content (AvgIpc) is 3.05. The van der Waals surface area contributed by atoms with Gasteiger partial charge in [0, 0.05) is 29.9 Å². The Balaban J connectivity index is 2.00. The van der Waals surface area contributed by atoms with E-state index in [1.54, 1.807) is 11.1 Å². The first-order valence-electron chi connectivity index (χ1n) is 7.93. The van der Waals surface area contributed by atoms with Crippen LogP contribution in [0.2, 0.25) is 5.02 Å². The molecule has 2 aliphatic heterocycles. The molecule has 2 heterocycles. The molecule has 4 rings (SSSR count). The second-order valence-electron chi connectivity index (χ2n) is 5.67. The number of rotatable bonds is 2. The second-order valence-corrected chi connectivity index (χ2v) is 6.11. The fraction of sp³-hybridized carbons (Fsp3) is 0.158. The summed E-state index contributed by atoms with van der Waals surface area (Å²) in [5.41, 5.74) is 3.25. The Morgan fingerprint density at radius 2 is 1.92 bits per heavy atom. The van der Waals surface area contributed by atoms with Crippen LogP contribution in [-0.2, 0) is 4.79 Å². The quantitative estimate of drug-likeness (QED) is 0.807. The van der Waals surface area contributed by atoms with E-state index < -0.39 is 0 Å². The molecule has 0 saturated heterocycles. The van der Waals surface area contributed by atoms with Gasteiger partial charge in [-0.15, -0.1) is 0 Å². The second kappa shape index (κ2) is 5.80. The minimum absolute atomic E-state index is 0.0480. The molecule has 120 valence electrons. The van der Waals surface area contributed by atoms with Gasteiger partial charge in [-0.05, 0) is 37.3 Å². The van der Waals surface area contributed by atoms with Crippen molar-refractivity contribution in [1.82, 2.24) is 0 Å². The van der Waals surface area contributed by atoms with E-state index in [1.807, 2.05) is 48.5 Å². The summed E-state index contributed by atoms with van der Waals surface area (Å²) < 4.78 is 0. The van der Waals surface area contributed by atoms with E-state index in [9.17, 15) is 4.79 Å². The van der Waals surface area contributed by atoms with Gasteiger partial charge in [-0.2, -0.15) is 0 Å². The molecule has 24 heavy (non-hydrogen) atoms. The molecule has 0 aliphatic carbocycles. The molecule has 2 aromatic rings. The predicted octanol–water partition coefficient (Wildman–Crippen LogP) is 4.53. The van der Waals surface area contributed by atoms with Gasteiger partial charge in [0.05, 0.1) is 16.9 Å². The lowest BCUT2D eigenvalue weighted by Gasteiger charge is -2.27. The van der Waals surface area contributed by atoms with E-state index in [-0.39, 0.29) is 5.91 Å². The zero-order chi connectivity index (χ0) is 16.7. The number of hydrogen-bond acceptors (Lipinski definition) is 3. The third-order valence-corrected chi connectivity index (χ3v) is 4.53. The molecule has 2 aliphatic rings. The number of carbonyl (C=O) groups is 1. The number of halogens is 1. The van der Waals surface area contributed by atoms with Crippen LogP contribution in [0.3, 0.4) is 0 Å². The summed E-state index contributed by atoms with van der Waals surface area (Å²) >= 11 is 6.24. The Kier molecular flexibility index (Phi) is 3.62. The van der Waals surface area contributed by atoms with Gasteiger partial charge in [-0.1, -0.05) is 29.8 Å². The Labute approximate surface area is 145 Å². The smallest absolute Gasteiger partial charge is 0.262 e. The molecule has 0 atom stereocenters. The number of aliphatic imine (C=N–C) groups is 1. The highest BCUT2D eigenvalue weighted by Gasteiger charge is 2.34. The van der Waals surface area contributed by atoms with Gasteiger partial charge in [-0.25, -0.2) is 4.99 Å². The highest BCUT2D eigenvalue weighted by Crippen LogP contribution is 2.43. The summed E-state index contributed by atoms with van der Waals surface area (Å²) in [6, 6.07) is 15.3. The van der Waals surface area contributed by atoms with Crippen molar-refractivity contribution >= 4 is 40.8 Å². The molecule has 4 nitrogen and oxygen atoms in total. The number of hydrogen-bond donors (Lipinski definition) is 0. The van der Waals surface area contributed by atoms with Crippen LogP contribution in [-0.4, -0.2) is 18.7 Å². The standard InChI is InChI=1S/C19H16ClN3O/c1-2-22-16-9-8-13(20)12-17(16)23(14-6-4-3-5-7-14)19(24)15-10-11-21-18(15)22/h3-9,11-12H,2,10H2,1H3. The van der Waals surface area contributed by atoms with Crippen LogP contribution in [0.1, 0.15) is 13.3 Å². The van der Waals surface area contributed by atoms with Crippen LogP contribution in [0.4, 0.5) is 17.1 Å². The SMILES string of the molecule is CCN1C2=C(CC=N2)C(=O)N(c2ccccc2)c2cc(Cl)ccc21. The molecule has 0 aromatic heterocycles. The Hall–Kier alpha value is -2.59. The maximum absolute atomic E-state index is 13.3. The third-order valence-electron chi connectivity index (χ3n) is 4.30. The molecule has 0 spiro atoms. The maximum Gasteiger partial charge on any atom is 0.262 e. The van der Waals surface area contributed by atoms with Crippen LogP contribution in [0.25, 0.3) is 0 Å². The molecule has 0 saturated carbocycles. The number of fused-ring (bicyclic) bond motifs is 1. The van der Waals surface area contributed by atoms with E-state index in [0.29, 0.717) is 17.0 Å². The number of nitrogens with zero attached hydrogens (tertiary/aromatic N) is 3. The van der Waals surface area contributed by atoms with E-state index in [2.05, 4.69) is 16.8 Å². The van der Waals surface area contributed by atoms with Crippen LogP contribution in [0, 0.1) is 0 Å².